The molecule has 3 heteroatoms. The van der Waals surface area contributed by atoms with Crippen LogP contribution in [0.4, 0.5) is 8.78 Å². The minimum absolute atomic E-state index is 0.111. The first-order valence-corrected chi connectivity index (χ1v) is 12.0. The fraction of sp³-hybridized carbons (Fsp3) is 0.700. The molecule has 0 spiro atoms. The molecular formula is C20H30F2Si. The normalized spacial score (nSPS) is 31.9. The summed E-state index contributed by atoms with van der Waals surface area (Å²) in [5.41, 5.74) is 1.33. The number of hydrogen-bond donors (Lipinski definition) is 0. The van der Waals surface area contributed by atoms with E-state index in [4.69, 9.17) is 0 Å². The van der Waals surface area contributed by atoms with Gasteiger partial charge < -0.3 is 0 Å². The van der Waals surface area contributed by atoms with Crippen molar-refractivity contribution in [3.05, 3.63) is 35.6 Å². The molecule has 3 rings (SSSR count). The molecule has 0 atom stereocenters. The van der Waals surface area contributed by atoms with Crippen molar-refractivity contribution in [2.75, 3.05) is 6.67 Å². The fourth-order valence-corrected chi connectivity index (χ4v) is 8.37. The molecule has 0 bridgehead atoms. The summed E-state index contributed by atoms with van der Waals surface area (Å²) in [7, 11) is -0.578. The van der Waals surface area contributed by atoms with Gasteiger partial charge in [-0.05, 0) is 67.6 Å². The van der Waals surface area contributed by atoms with Crippen LogP contribution in [-0.4, -0.2) is 15.5 Å². The number of benzene rings is 1. The van der Waals surface area contributed by atoms with Gasteiger partial charge in [-0.3, -0.25) is 4.39 Å². The van der Waals surface area contributed by atoms with Gasteiger partial charge in [0.2, 0.25) is 0 Å². The van der Waals surface area contributed by atoms with Gasteiger partial charge in [0.05, 0.1) is 6.67 Å². The second kappa shape index (κ2) is 8.41. The highest BCUT2D eigenvalue weighted by molar-refractivity contribution is 6.58. The highest BCUT2D eigenvalue weighted by Crippen LogP contribution is 2.43. The summed E-state index contributed by atoms with van der Waals surface area (Å²) in [6.07, 6.45) is 8.92. The third-order valence-corrected chi connectivity index (χ3v) is 9.94. The number of hydrogen-bond acceptors (Lipinski definition) is 0. The van der Waals surface area contributed by atoms with Gasteiger partial charge in [0.25, 0.3) is 0 Å². The van der Waals surface area contributed by atoms with Crippen molar-refractivity contribution in [3.8, 4) is 0 Å². The van der Waals surface area contributed by atoms with Crippen LogP contribution < -0.4 is 0 Å². The Bertz CT molecular complexity index is 457. The molecule has 0 unspecified atom stereocenters. The van der Waals surface area contributed by atoms with Gasteiger partial charge in [-0.25, -0.2) is 4.39 Å². The summed E-state index contributed by atoms with van der Waals surface area (Å²) in [6, 6.07) is 11.3. The minimum atomic E-state index is -0.578. The van der Waals surface area contributed by atoms with Gasteiger partial charge in [0, 0.05) is 8.80 Å². The Hall–Kier alpha value is -0.703. The second-order valence-corrected chi connectivity index (χ2v) is 11.2. The summed E-state index contributed by atoms with van der Waals surface area (Å²) in [6.45, 7) is -0.111. The maximum atomic E-state index is 13.1. The van der Waals surface area contributed by atoms with Crippen molar-refractivity contribution < 1.29 is 8.78 Å². The summed E-state index contributed by atoms with van der Waals surface area (Å²) < 4.78 is 25.4. The van der Waals surface area contributed by atoms with E-state index in [9.17, 15) is 8.78 Å². The van der Waals surface area contributed by atoms with E-state index in [0.717, 1.165) is 18.3 Å². The van der Waals surface area contributed by atoms with E-state index in [2.05, 4.69) is 0 Å². The van der Waals surface area contributed by atoms with Gasteiger partial charge in [0.15, 0.2) is 0 Å². The number of rotatable bonds is 5. The largest absolute Gasteiger partial charge is 0.251 e. The smallest absolute Gasteiger partial charge is 0.123 e. The Morgan fingerprint density at radius 1 is 0.870 bits per heavy atom. The number of halogens is 2. The SMILES string of the molecule is FCCC[Si@H]1CC[C@H](C2CCC(c3ccc(F)cc3)CC2)CC1. The van der Waals surface area contributed by atoms with Gasteiger partial charge in [-0.15, -0.1) is 0 Å². The molecule has 128 valence electrons. The van der Waals surface area contributed by atoms with Crippen LogP contribution in [0.5, 0.6) is 0 Å². The fourth-order valence-electron chi connectivity index (χ4n) is 4.97. The molecule has 1 aliphatic heterocycles. The Morgan fingerprint density at radius 3 is 2.09 bits per heavy atom. The lowest BCUT2D eigenvalue weighted by Crippen LogP contribution is -2.28. The van der Waals surface area contributed by atoms with E-state index in [1.54, 1.807) is 12.1 Å². The molecule has 0 N–H and O–H groups in total. The first-order valence-electron chi connectivity index (χ1n) is 9.57. The first-order chi connectivity index (χ1) is 11.3. The highest BCUT2D eigenvalue weighted by atomic mass is 28.3. The number of alkyl halides is 1. The van der Waals surface area contributed by atoms with Crippen molar-refractivity contribution in [2.24, 2.45) is 11.8 Å². The highest BCUT2D eigenvalue weighted by Gasteiger charge is 2.31. The average molecular weight is 337 g/mol. The molecule has 0 nitrogen and oxygen atoms in total. The topological polar surface area (TPSA) is 0 Å². The maximum absolute atomic E-state index is 13.1. The van der Waals surface area contributed by atoms with Crippen LogP contribution in [0.15, 0.2) is 24.3 Å². The zero-order chi connectivity index (χ0) is 16.1. The van der Waals surface area contributed by atoms with Crippen LogP contribution in [0.1, 0.15) is 56.4 Å². The third-order valence-electron chi connectivity index (χ3n) is 6.42. The molecule has 1 aliphatic carbocycles. The zero-order valence-electron chi connectivity index (χ0n) is 14.2. The molecule has 0 radical (unpaired) electrons. The van der Waals surface area contributed by atoms with E-state index in [1.165, 1.54) is 62.2 Å². The lowest BCUT2D eigenvalue weighted by Gasteiger charge is -2.37. The van der Waals surface area contributed by atoms with Crippen LogP contribution in [0.25, 0.3) is 0 Å². The summed E-state index contributed by atoms with van der Waals surface area (Å²) in [5, 5.41) is 0. The van der Waals surface area contributed by atoms with Gasteiger partial charge in [0.1, 0.15) is 5.82 Å². The lowest BCUT2D eigenvalue weighted by molar-refractivity contribution is 0.216. The van der Waals surface area contributed by atoms with Gasteiger partial charge >= 0.3 is 0 Å². The molecular weight excluding hydrogens is 306 g/mol. The van der Waals surface area contributed by atoms with Gasteiger partial charge in [-0.2, -0.15) is 0 Å². The molecule has 2 fully saturated rings. The van der Waals surface area contributed by atoms with E-state index < -0.39 is 8.80 Å². The van der Waals surface area contributed by atoms with Crippen LogP contribution in [0, 0.1) is 17.7 Å². The summed E-state index contributed by atoms with van der Waals surface area (Å²) >= 11 is 0. The lowest BCUT2D eigenvalue weighted by atomic mass is 9.72. The quantitative estimate of drug-likeness (QED) is 0.570. The molecule has 1 aromatic rings. The average Bonchev–Trinajstić information content (AvgIpc) is 2.61. The van der Waals surface area contributed by atoms with Crippen LogP contribution in [0.2, 0.25) is 18.1 Å². The molecule has 1 heterocycles. The molecule has 1 saturated carbocycles. The predicted molar refractivity (Wildman–Crippen MR) is 96.0 cm³/mol. The Balaban J connectivity index is 1.43. The van der Waals surface area contributed by atoms with Crippen molar-refractivity contribution in [3.63, 3.8) is 0 Å². The maximum Gasteiger partial charge on any atom is 0.123 e. The third kappa shape index (κ3) is 4.65. The van der Waals surface area contributed by atoms with Crippen LogP contribution in [-0.2, 0) is 0 Å². The predicted octanol–water partition coefficient (Wildman–Crippen LogP) is 6.10. The van der Waals surface area contributed by atoms with Crippen LogP contribution in [0.3, 0.4) is 0 Å². The first kappa shape index (κ1) is 17.1. The van der Waals surface area contributed by atoms with Crippen molar-refractivity contribution in [1.82, 2.24) is 0 Å². The minimum Gasteiger partial charge on any atom is -0.251 e. The van der Waals surface area contributed by atoms with E-state index in [1.807, 2.05) is 12.1 Å². The van der Waals surface area contributed by atoms with Crippen LogP contribution >= 0.6 is 0 Å². The molecule has 1 aromatic carbocycles. The standard InChI is InChI=1S/C20H30F2Si/c21-12-1-13-23-14-10-19(11-15-23)17-4-2-16(3-5-17)18-6-8-20(22)9-7-18/h6-9,16-17,19,23H,1-5,10-15H2/t16?,17?,19-,23-. The Kier molecular flexibility index (Phi) is 6.26. The van der Waals surface area contributed by atoms with Crippen molar-refractivity contribution in [1.29, 1.82) is 0 Å². The van der Waals surface area contributed by atoms with E-state index in [0.29, 0.717) is 5.92 Å². The Labute approximate surface area is 141 Å². The summed E-state index contributed by atoms with van der Waals surface area (Å²) in [5.74, 6) is 2.37. The van der Waals surface area contributed by atoms with E-state index in [-0.39, 0.29) is 12.5 Å². The zero-order valence-corrected chi connectivity index (χ0v) is 15.3. The molecule has 2 aliphatic rings. The van der Waals surface area contributed by atoms with Crippen molar-refractivity contribution >= 4 is 8.80 Å². The molecule has 0 amide bonds. The molecule has 1 saturated heterocycles. The van der Waals surface area contributed by atoms with Gasteiger partial charge in [-0.1, -0.05) is 43.1 Å². The monoisotopic (exact) mass is 336 g/mol. The summed E-state index contributed by atoms with van der Waals surface area (Å²) in [4.78, 5) is 0. The second-order valence-electron chi connectivity index (χ2n) is 7.78. The molecule has 0 aromatic heterocycles. The van der Waals surface area contributed by atoms with E-state index >= 15 is 0 Å². The van der Waals surface area contributed by atoms with Crippen molar-refractivity contribution in [2.45, 2.75) is 69.0 Å². The Morgan fingerprint density at radius 2 is 1.48 bits per heavy atom. The molecule has 23 heavy (non-hydrogen) atoms.